The fourth-order valence-corrected chi connectivity index (χ4v) is 3.78. The summed E-state index contributed by atoms with van der Waals surface area (Å²) in [5, 5.41) is 0.412. The lowest BCUT2D eigenvalue weighted by Crippen LogP contribution is -2.00. The lowest BCUT2D eigenvalue weighted by atomic mass is 10.0. The van der Waals surface area contributed by atoms with Crippen LogP contribution in [0.1, 0.15) is 15.9 Å². The Balaban J connectivity index is 1.88. The maximum atomic E-state index is 12.3. The van der Waals surface area contributed by atoms with Gasteiger partial charge in [-0.1, -0.05) is 41.9 Å². The van der Waals surface area contributed by atoms with Crippen LogP contribution in [0, 0.1) is 0 Å². The minimum Gasteiger partial charge on any atom is -0.289 e. The predicted octanol–water partition coefficient (Wildman–Crippen LogP) is 4.32. The molecule has 0 fully saturated rings. The van der Waals surface area contributed by atoms with Crippen LogP contribution in [0.25, 0.3) is 0 Å². The van der Waals surface area contributed by atoms with Crippen LogP contribution in [0.15, 0.2) is 59.6 Å². The van der Waals surface area contributed by atoms with Gasteiger partial charge in [-0.3, -0.25) is 4.79 Å². The van der Waals surface area contributed by atoms with Gasteiger partial charge in [-0.15, -0.1) is 0 Å². The van der Waals surface area contributed by atoms with E-state index in [1.807, 2.05) is 18.2 Å². The van der Waals surface area contributed by atoms with Crippen molar-refractivity contribution < 1.29 is 4.79 Å². The second-order valence-electron chi connectivity index (χ2n) is 4.20. The van der Waals surface area contributed by atoms with E-state index in [-0.39, 0.29) is 5.78 Å². The van der Waals surface area contributed by atoms with Gasteiger partial charge in [0.25, 0.3) is 0 Å². The molecule has 21 heavy (non-hydrogen) atoms. The van der Waals surface area contributed by atoms with Gasteiger partial charge in [-0.05, 0) is 34.6 Å². The van der Waals surface area contributed by atoms with Crippen LogP contribution in [-0.2, 0) is 0 Å². The zero-order valence-corrected chi connectivity index (χ0v) is 13.1. The molecule has 0 amide bonds. The highest BCUT2D eigenvalue weighted by molar-refractivity contribution is 7.66. The Bertz CT molecular complexity index is 823. The van der Waals surface area contributed by atoms with E-state index in [1.165, 1.54) is 20.9 Å². The van der Waals surface area contributed by atoms with Crippen molar-refractivity contribution in [1.82, 2.24) is 4.37 Å². The van der Waals surface area contributed by atoms with Gasteiger partial charge in [0.15, 0.2) is 15.6 Å². The summed E-state index contributed by atoms with van der Waals surface area (Å²) >= 11 is 5.91. The quantitative estimate of drug-likeness (QED) is 0.529. The van der Waals surface area contributed by atoms with Crippen molar-refractivity contribution in [3.8, 4) is 0 Å². The zero-order valence-electron chi connectivity index (χ0n) is 10.7. The number of hydrogen-bond donors (Lipinski definition) is 0. The standard InChI is InChI=1S/C15H9ClN2OS2/c16-14-15(20-21-18-14)17-12-8-6-11(7-9-12)13(19)10-4-2-1-3-5-10/h1-9H. The van der Waals surface area contributed by atoms with Crippen LogP contribution < -0.4 is 4.67 Å². The molecule has 3 nitrogen and oxygen atoms in total. The maximum Gasteiger partial charge on any atom is 0.193 e. The number of carbonyl (C=O) groups is 1. The molecular weight excluding hydrogens is 324 g/mol. The molecule has 1 aromatic heterocycles. The number of hydrogen-bond acceptors (Lipinski definition) is 5. The van der Waals surface area contributed by atoms with Crippen molar-refractivity contribution in [2.24, 2.45) is 4.99 Å². The minimum absolute atomic E-state index is 0.000180. The lowest BCUT2D eigenvalue weighted by Gasteiger charge is -2.01. The summed E-state index contributed by atoms with van der Waals surface area (Å²) in [7, 11) is 2.72. The fourth-order valence-electron chi connectivity index (χ4n) is 1.79. The molecule has 0 aliphatic rings. The zero-order chi connectivity index (χ0) is 14.7. The molecule has 0 aliphatic heterocycles. The first-order valence-electron chi connectivity index (χ1n) is 6.10. The van der Waals surface area contributed by atoms with Gasteiger partial charge < -0.3 is 0 Å². The Morgan fingerprint density at radius 3 is 2.29 bits per heavy atom. The number of carbonyl (C=O) groups excluding carboxylic acids is 1. The molecule has 2 aromatic carbocycles. The average molecular weight is 333 g/mol. The molecular formula is C15H9ClN2OS2. The van der Waals surface area contributed by atoms with Crippen LogP contribution in [0.2, 0.25) is 5.15 Å². The lowest BCUT2D eigenvalue weighted by molar-refractivity contribution is 0.103. The molecule has 0 radical (unpaired) electrons. The van der Waals surface area contributed by atoms with Crippen molar-refractivity contribution in [3.05, 3.63) is 75.5 Å². The first-order chi connectivity index (χ1) is 10.2. The predicted molar refractivity (Wildman–Crippen MR) is 86.5 cm³/mol. The third-order valence-corrected chi connectivity index (χ3v) is 4.98. The Morgan fingerprint density at radius 1 is 1.00 bits per heavy atom. The molecule has 1 heterocycles. The number of halogens is 1. The largest absolute Gasteiger partial charge is 0.289 e. The summed E-state index contributed by atoms with van der Waals surface area (Å²) in [4.78, 5) is 16.7. The Labute approximate surface area is 133 Å². The molecule has 0 unspecified atom stereocenters. The van der Waals surface area contributed by atoms with Crippen LogP contribution >= 0.6 is 32.5 Å². The molecule has 3 aromatic rings. The highest BCUT2D eigenvalue weighted by atomic mass is 35.5. The van der Waals surface area contributed by atoms with E-state index in [4.69, 9.17) is 11.6 Å². The smallest absolute Gasteiger partial charge is 0.193 e. The number of aromatic nitrogens is 1. The molecule has 6 heteroatoms. The molecule has 0 spiro atoms. The fraction of sp³-hybridized carbons (Fsp3) is 0. The highest BCUT2D eigenvalue weighted by Crippen LogP contribution is 2.17. The summed E-state index contributed by atoms with van der Waals surface area (Å²) in [6.07, 6.45) is 0. The van der Waals surface area contributed by atoms with E-state index in [0.29, 0.717) is 21.0 Å². The molecule has 0 aliphatic carbocycles. The topological polar surface area (TPSA) is 42.3 Å². The third-order valence-electron chi connectivity index (χ3n) is 2.81. The van der Waals surface area contributed by atoms with Crippen LogP contribution in [0.3, 0.4) is 0 Å². The second kappa shape index (κ2) is 6.30. The molecule has 0 N–H and O–H groups in total. The summed E-state index contributed by atoms with van der Waals surface area (Å²) in [5.74, 6) is 0.000180. The van der Waals surface area contributed by atoms with E-state index >= 15 is 0 Å². The first-order valence-corrected chi connectivity index (χ1v) is 8.58. The Morgan fingerprint density at radius 2 is 1.67 bits per heavy atom. The third kappa shape index (κ3) is 3.26. The van der Waals surface area contributed by atoms with Gasteiger partial charge >= 0.3 is 0 Å². The molecule has 0 saturated carbocycles. The summed E-state index contributed by atoms with van der Waals surface area (Å²) < 4.78 is 4.66. The molecule has 0 atom stereocenters. The van der Waals surface area contributed by atoms with Crippen molar-refractivity contribution >= 4 is 43.9 Å². The summed E-state index contributed by atoms with van der Waals surface area (Å²) in [6, 6.07) is 16.3. The van der Waals surface area contributed by atoms with Crippen LogP contribution in [-0.4, -0.2) is 10.2 Å². The van der Waals surface area contributed by atoms with E-state index < -0.39 is 0 Å². The molecule has 3 rings (SSSR count). The van der Waals surface area contributed by atoms with Crippen molar-refractivity contribution in [2.75, 3.05) is 0 Å². The van der Waals surface area contributed by atoms with Crippen molar-refractivity contribution in [1.29, 1.82) is 0 Å². The van der Waals surface area contributed by atoms with Gasteiger partial charge in [0.05, 0.1) is 5.69 Å². The van der Waals surface area contributed by atoms with Crippen LogP contribution in [0.4, 0.5) is 5.69 Å². The normalized spacial score (nSPS) is 11.6. The SMILES string of the molecule is O=C(c1ccccc1)c1ccc(N=c2ssnc2Cl)cc1. The minimum atomic E-state index is 0.000180. The van der Waals surface area contributed by atoms with Crippen LogP contribution in [0.5, 0.6) is 0 Å². The first kappa shape index (κ1) is 14.1. The van der Waals surface area contributed by atoms with Gasteiger partial charge in [0.1, 0.15) is 0 Å². The van der Waals surface area contributed by atoms with Gasteiger partial charge in [0.2, 0.25) is 0 Å². The molecule has 0 bridgehead atoms. The monoisotopic (exact) mass is 332 g/mol. The van der Waals surface area contributed by atoms with E-state index in [2.05, 4.69) is 9.37 Å². The Hall–Kier alpha value is -1.82. The average Bonchev–Trinajstić information content (AvgIpc) is 2.93. The molecule has 0 saturated heterocycles. The summed E-state index contributed by atoms with van der Waals surface area (Å²) in [5.41, 5.74) is 2.06. The number of benzene rings is 2. The highest BCUT2D eigenvalue weighted by Gasteiger charge is 2.08. The second-order valence-corrected chi connectivity index (χ2v) is 6.39. The van der Waals surface area contributed by atoms with Gasteiger partial charge in [-0.2, -0.15) is 4.37 Å². The van der Waals surface area contributed by atoms with Gasteiger partial charge in [0, 0.05) is 21.7 Å². The van der Waals surface area contributed by atoms with E-state index in [9.17, 15) is 4.79 Å². The molecule has 104 valence electrons. The number of nitrogens with zero attached hydrogens (tertiary/aromatic N) is 2. The maximum absolute atomic E-state index is 12.3. The number of rotatable bonds is 3. The van der Waals surface area contributed by atoms with Crippen molar-refractivity contribution in [3.63, 3.8) is 0 Å². The number of ketones is 1. The van der Waals surface area contributed by atoms with E-state index in [1.54, 1.807) is 36.4 Å². The van der Waals surface area contributed by atoms with Crippen molar-refractivity contribution in [2.45, 2.75) is 0 Å². The van der Waals surface area contributed by atoms with Gasteiger partial charge in [-0.25, -0.2) is 4.99 Å². The van der Waals surface area contributed by atoms with E-state index in [0.717, 1.165) is 5.69 Å². The Kier molecular flexibility index (Phi) is 4.24. The summed E-state index contributed by atoms with van der Waals surface area (Å²) in [6.45, 7) is 0.